The van der Waals surface area contributed by atoms with Gasteiger partial charge >= 0.3 is 5.97 Å². The van der Waals surface area contributed by atoms with Gasteiger partial charge in [0.2, 0.25) is 0 Å². The zero-order valence-corrected chi connectivity index (χ0v) is 16.1. The van der Waals surface area contributed by atoms with Gasteiger partial charge in [-0.05, 0) is 18.2 Å². The number of fused-ring (bicyclic) bond motifs is 1. The fraction of sp³-hybridized carbons (Fsp3) is 0.118. The molecule has 0 N–H and O–H groups in total. The third-order valence-electron chi connectivity index (χ3n) is 3.79. The minimum Gasteiger partial charge on any atom is -0.468 e. The average Bonchev–Trinajstić information content (AvgIpc) is 2.98. The van der Waals surface area contributed by atoms with Gasteiger partial charge in [-0.2, -0.15) is 4.99 Å². The van der Waals surface area contributed by atoms with E-state index in [1.807, 2.05) is 0 Å². The van der Waals surface area contributed by atoms with Crippen molar-refractivity contribution < 1.29 is 28.0 Å². The van der Waals surface area contributed by atoms with E-state index < -0.39 is 46.2 Å². The lowest BCUT2D eigenvalue weighted by atomic mass is 10.2. The van der Waals surface area contributed by atoms with Crippen LogP contribution in [0.25, 0.3) is 10.2 Å². The van der Waals surface area contributed by atoms with E-state index in [4.69, 9.17) is 11.6 Å². The Labute approximate surface area is 169 Å². The highest BCUT2D eigenvalue weighted by Gasteiger charge is 2.22. The number of halogens is 3. The molecule has 0 aliphatic rings. The van der Waals surface area contributed by atoms with E-state index in [1.54, 1.807) is 0 Å². The summed E-state index contributed by atoms with van der Waals surface area (Å²) in [5.74, 6) is -3.63. The molecule has 12 heteroatoms. The Morgan fingerprint density at radius 3 is 2.69 bits per heavy atom. The quantitative estimate of drug-likeness (QED) is 0.350. The summed E-state index contributed by atoms with van der Waals surface area (Å²) in [7, 11) is 1.12. The van der Waals surface area contributed by atoms with Crippen molar-refractivity contribution in [3.05, 3.63) is 67.5 Å². The van der Waals surface area contributed by atoms with Gasteiger partial charge in [0.25, 0.3) is 11.6 Å². The molecule has 0 bridgehead atoms. The Morgan fingerprint density at radius 1 is 1.31 bits per heavy atom. The molecule has 1 amide bonds. The molecule has 0 radical (unpaired) electrons. The molecule has 0 aliphatic carbocycles. The van der Waals surface area contributed by atoms with Crippen molar-refractivity contribution in [2.24, 2.45) is 4.99 Å². The SMILES string of the molecule is COC(=O)Cn1c(=NC(=O)c2cc(Cl)ccc2[N+](=O)[O-])sc2cc(F)cc(F)c21. The fourth-order valence-electron chi connectivity index (χ4n) is 2.54. The van der Waals surface area contributed by atoms with Crippen LogP contribution < -0.4 is 4.80 Å². The number of aromatic nitrogens is 1. The van der Waals surface area contributed by atoms with Gasteiger partial charge in [-0.15, -0.1) is 0 Å². The third kappa shape index (κ3) is 4.15. The second-order valence-corrected chi connectivity index (χ2v) is 7.06. The standard InChI is InChI=1S/C17H10ClF2N3O5S/c1-28-14(24)7-22-15-11(20)5-9(19)6-13(15)29-17(22)21-16(25)10-4-8(18)2-3-12(10)23(26)27/h2-6H,7H2,1H3. The van der Waals surface area contributed by atoms with Crippen molar-refractivity contribution in [1.29, 1.82) is 0 Å². The molecule has 1 aromatic heterocycles. The summed E-state index contributed by atoms with van der Waals surface area (Å²) < 4.78 is 33.6. The molecule has 0 aliphatic heterocycles. The van der Waals surface area contributed by atoms with Crippen molar-refractivity contribution >= 4 is 50.7 Å². The largest absolute Gasteiger partial charge is 0.468 e. The lowest BCUT2D eigenvalue weighted by molar-refractivity contribution is -0.385. The fourth-order valence-corrected chi connectivity index (χ4v) is 3.78. The third-order valence-corrected chi connectivity index (χ3v) is 5.05. The number of esters is 1. The molecule has 8 nitrogen and oxygen atoms in total. The summed E-state index contributed by atoms with van der Waals surface area (Å²) in [6.45, 7) is -0.511. The van der Waals surface area contributed by atoms with E-state index in [1.165, 1.54) is 6.07 Å². The van der Waals surface area contributed by atoms with Crippen LogP contribution in [0, 0.1) is 21.7 Å². The topological polar surface area (TPSA) is 104 Å². The molecule has 3 aromatic rings. The number of nitro groups is 1. The molecular formula is C17H10ClF2N3O5S. The molecule has 3 rings (SSSR count). The first-order valence-electron chi connectivity index (χ1n) is 7.79. The first kappa shape index (κ1) is 20.6. The van der Waals surface area contributed by atoms with Crippen LogP contribution in [0.2, 0.25) is 5.02 Å². The van der Waals surface area contributed by atoms with Crippen molar-refractivity contribution in [3.8, 4) is 0 Å². The van der Waals surface area contributed by atoms with E-state index in [-0.39, 0.29) is 20.0 Å². The van der Waals surface area contributed by atoms with Gasteiger partial charge in [-0.3, -0.25) is 19.7 Å². The smallest absolute Gasteiger partial charge is 0.325 e. The number of nitrogens with zero attached hydrogens (tertiary/aromatic N) is 3. The highest BCUT2D eigenvalue weighted by molar-refractivity contribution is 7.16. The van der Waals surface area contributed by atoms with Crippen LogP contribution in [-0.2, 0) is 16.1 Å². The minimum atomic E-state index is -1.04. The van der Waals surface area contributed by atoms with Gasteiger partial charge in [0.15, 0.2) is 10.6 Å². The number of thiazole rings is 1. The van der Waals surface area contributed by atoms with E-state index in [0.29, 0.717) is 6.07 Å². The molecule has 2 aromatic carbocycles. The van der Waals surface area contributed by atoms with E-state index >= 15 is 0 Å². The molecule has 0 unspecified atom stereocenters. The number of carbonyl (C=O) groups excluding carboxylic acids is 2. The highest BCUT2D eigenvalue weighted by atomic mass is 35.5. The van der Waals surface area contributed by atoms with Crippen LogP contribution >= 0.6 is 22.9 Å². The molecule has 1 heterocycles. The van der Waals surface area contributed by atoms with E-state index in [0.717, 1.165) is 41.2 Å². The number of benzene rings is 2. The normalized spacial score (nSPS) is 11.7. The van der Waals surface area contributed by atoms with Crippen LogP contribution in [0.1, 0.15) is 10.4 Å². The van der Waals surface area contributed by atoms with Crippen molar-refractivity contribution in [2.75, 3.05) is 7.11 Å². The Balaban J connectivity index is 2.25. The summed E-state index contributed by atoms with van der Waals surface area (Å²) >= 11 is 6.55. The average molecular weight is 442 g/mol. The van der Waals surface area contributed by atoms with Gasteiger partial charge in [0.1, 0.15) is 17.9 Å². The summed E-state index contributed by atoms with van der Waals surface area (Å²) in [4.78, 5) is 38.4. The maximum Gasteiger partial charge on any atom is 0.325 e. The summed E-state index contributed by atoms with van der Waals surface area (Å²) in [5.41, 5.74) is -1.08. The van der Waals surface area contributed by atoms with Crippen LogP contribution in [0.4, 0.5) is 14.5 Å². The van der Waals surface area contributed by atoms with Gasteiger partial charge in [0, 0.05) is 17.2 Å². The number of hydrogen-bond acceptors (Lipinski definition) is 6. The molecule has 0 fully saturated rings. The Hall–Kier alpha value is -3.18. The Kier molecular flexibility index (Phi) is 5.71. The summed E-state index contributed by atoms with van der Waals surface area (Å²) in [5, 5.41) is 11.2. The predicted molar refractivity (Wildman–Crippen MR) is 99.7 cm³/mol. The van der Waals surface area contributed by atoms with Crippen LogP contribution in [0.5, 0.6) is 0 Å². The van der Waals surface area contributed by atoms with Crippen molar-refractivity contribution in [1.82, 2.24) is 4.57 Å². The van der Waals surface area contributed by atoms with Crippen LogP contribution in [-0.4, -0.2) is 28.5 Å². The first-order chi connectivity index (χ1) is 13.7. The number of carbonyl (C=O) groups is 2. The highest BCUT2D eigenvalue weighted by Crippen LogP contribution is 2.25. The molecule has 29 heavy (non-hydrogen) atoms. The summed E-state index contributed by atoms with van der Waals surface area (Å²) in [6.07, 6.45) is 0. The van der Waals surface area contributed by atoms with Gasteiger partial charge in [-0.1, -0.05) is 22.9 Å². The zero-order valence-electron chi connectivity index (χ0n) is 14.5. The number of hydrogen-bond donors (Lipinski definition) is 0. The van der Waals surface area contributed by atoms with Crippen LogP contribution in [0.3, 0.4) is 0 Å². The molecule has 150 valence electrons. The molecule has 0 saturated carbocycles. The molecular weight excluding hydrogens is 432 g/mol. The lowest BCUT2D eigenvalue weighted by Gasteiger charge is -2.04. The van der Waals surface area contributed by atoms with Gasteiger partial charge < -0.3 is 9.30 Å². The van der Waals surface area contributed by atoms with E-state index in [9.17, 15) is 28.5 Å². The summed E-state index contributed by atoms with van der Waals surface area (Å²) in [6, 6.07) is 5.00. The van der Waals surface area contributed by atoms with Gasteiger partial charge in [-0.25, -0.2) is 8.78 Å². The second kappa shape index (κ2) is 8.05. The maximum atomic E-state index is 14.3. The lowest BCUT2D eigenvalue weighted by Crippen LogP contribution is -2.23. The number of ether oxygens (including phenoxy) is 1. The molecule has 0 spiro atoms. The van der Waals surface area contributed by atoms with Crippen molar-refractivity contribution in [2.45, 2.75) is 6.54 Å². The maximum absolute atomic E-state index is 14.3. The van der Waals surface area contributed by atoms with Crippen LogP contribution in [0.15, 0.2) is 35.3 Å². The van der Waals surface area contributed by atoms with Gasteiger partial charge in [0.05, 0.1) is 22.2 Å². The Morgan fingerprint density at radius 2 is 2.03 bits per heavy atom. The number of methoxy groups -OCH3 is 1. The minimum absolute atomic E-state index is 0.0704. The Bertz CT molecular complexity index is 1240. The molecule has 0 atom stereocenters. The monoisotopic (exact) mass is 441 g/mol. The number of nitro benzene ring substituents is 1. The first-order valence-corrected chi connectivity index (χ1v) is 8.99. The predicted octanol–water partition coefficient (Wildman–Crippen LogP) is 3.46. The zero-order chi connectivity index (χ0) is 21.3. The molecule has 0 saturated heterocycles. The van der Waals surface area contributed by atoms with E-state index in [2.05, 4.69) is 9.73 Å². The number of rotatable bonds is 4. The van der Waals surface area contributed by atoms with Crippen molar-refractivity contribution in [3.63, 3.8) is 0 Å². The number of amides is 1. The second-order valence-electron chi connectivity index (χ2n) is 5.62.